The van der Waals surface area contributed by atoms with Gasteiger partial charge in [-0.2, -0.15) is 0 Å². The molecule has 1 aromatic carbocycles. The van der Waals surface area contributed by atoms with Crippen molar-refractivity contribution < 1.29 is 14.3 Å². The number of esters is 1. The molecule has 12 heteroatoms. The third-order valence-electron chi connectivity index (χ3n) is 5.49. The van der Waals surface area contributed by atoms with E-state index in [4.69, 9.17) is 14.5 Å². The third kappa shape index (κ3) is 5.07. The lowest BCUT2D eigenvalue weighted by atomic mass is 9.98. The van der Waals surface area contributed by atoms with Gasteiger partial charge in [0.2, 0.25) is 0 Å². The van der Waals surface area contributed by atoms with Crippen LogP contribution in [0.4, 0.5) is 5.13 Å². The Kier molecular flexibility index (Phi) is 6.77. The Balaban J connectivity index is 1.12. The van der Waals surface area contributed by atoms with Crippen LogP contribution in [0.2, 0.25) is 0 Å². The molecule has 0 saturated carbocycles. The molecule has 0 aliphatic carbocycles. The smallest absolute Gasteiger partial charge is 0.350 e. The van der Waals surface area contributed by atoms with Crippen LogP contribution in [0.5, 0.6) is 5.75 Å². The maximum absolute atomic E-state index is 11.9. The highest BCUT2D eigenvalue weighted by molar-refractivity contribution is 7.17. The molecule has 34 heavy (non-hydrogen) atoms. The second kappa shape index (κ2) is 10.3. The zero-order valence-corrected chi connectivity index (χ0v) is 20.2. The van der Waals surface area contributed by atoms with Gasteiger partial charge in [-0.15, -0.1) is 16.4 Å². The number of rotatable bonds is 8. The summed E-state index contributed by atoms with van der Waals surface area (Å²) in [7, 11) is 0. The summed E-state index contributed by atoms with van der Waals surface area (Å²) in [5.41, 5.74) is 1.81. The molecule has 0 amide bonds. The van der Waals surface area contributed by atoms with Gasteiger partial charge in [-0.1, -0.05) is 11.3 Å². The van der Waals surface area contributed by atoms with Crippen LogP contribution < -0.4 is 9.64 Å². The van der Waals surface area contributed by atoms with E-state index < -0.39 is 0 Å². The van der Waals surface area contributed by atoms with Crippen LogP contribution in [-0.4, -0.2) is 55.8 Å². The maximum atomic E-state index is 11.9. The Labute approximate surface area is 204 Å². The highest BCUT2D eigenvalue weighted by atomic mass is 32.1. The van der Waals surface area contributed by atoms with Crippen molar-refractivity contribution >= 4 is 33.8 Å². The summed E-state index contributed by atoms with van der Waals surface area (Å²) in [6.07, 6.45) is 5.16. The van der Waals surface area contributed by atoms with Gasteiger partial charge in [0.15, 0.2) is 5.13 Å². The topological polar surface area (TPSA) is 108 Å². The fourth-order valence-corrected chi connectivity index (χ4v) is 5.57. The third-order valence-corrected chi connectivity index (χ3v) is 7.59. The number of carbonyl (C=O) groups excluding carboxylic acids is 1. The number of carbonyl (C=O) groups is 1. The lowest BCUT2D eigenvalue weighted by Gasteiger charge is -2.30. The van der Waals surface area contributed by atoms with Gasteiger partial charge >= 0.3 is 5.97 Å². The molecule has 1 aliphatic rings. The second-order valence-electron chi connectivity index (χ2n) is 7.70. The molecule has 176 valence electrons. The van der Waals surface area contributed by atoms with Gasteiger partial charge in [0.25, 0.3) is 0 Å². The number of piperidine rings is 1. The minimum atomic E-state index is -0.304. The molecular weight excluding hydrogens is 474 g/mol. The lowest BCUT2D eigenvalue weighted by Crippen LogP contribution is -2.32. The first-order valence-electron chi connectivity index (χ1n) is 11.0. The summed E-state index contributed by atoms with van der Waals surface area (Å²) in [5.74, 6) is 0.891. The van der Waals surface area contributed by atoms with E-state index in [1.807, 2.05) is 24.3 Å². The molecule has 0 unspecified atom stereocenters. The number of anilines is 1. The van der Waals surface area contributed by atoms with Gasteiger partial charge < -0.3 is 14.4 Å². The van der Waals surface area contributed by atoms with E-state index in [-0.39, 0.29) is 5.97 Å². The van der Waals surface area contributed by atoms with Gasteiger partial charge in [0.05, 0.1) is 29.2 Å². The summed E-state index contributed by atoms with van der Waals surface area (Å²) in [6.45, 7) is 4.37. The van der Waals surface area contributed by atoms with Crippen LogP contribution in [-0.2, 0) is 11.3 Å². The van der Waals surface area contributed by atoms with Gasteiger partial charge in [-0.3, -0.25) is 0 Å². The van der Waals surface area contributed by atoms with Crippen LogP contribution in [0, 0.1) is 0 Å². The van der Waals surface area contributed by atoms with Crippen LogP contribution in [0.3, 0.4) is 0 Å². The van der Waals surface area contributed by atoms with E-state index in [2.05, 4.69) is 30.8 Å². The van der Waals surface area contributed by atoms with E-state index in [0.717, 1.165) is 53.2 Å². The summed E-state index contributed by atoms with van der Waals surface area (Å²) in [5, 5.41) is 15.3. The Hall–Kier alpha value is -3.38. The first kappa shape index (κ1) is 22.4. The molecule has 3 aromatic heterocycles. The SMILES string of the molecule is CCOC(=O)c1cnc(N2CCC(c3nc(COc4ccc(-n5cnnn5)cc4)cs3)CC2)s1. The molecule has 0 spiro atoms. The number of tetrazole rings is 1. The first-order valence-corrected chi connectivity index (χ1v) is 12.7. The quantitative estimate of drug-likeness (QED) is 0.337. The van der Waals surface area contributed by atoms with Crippen LogP contribution in [0.25, 0.3) is 5.69 Å². The predicted octanol–water partition coefficient (Wildman–Crippen LogP) is 3.72. The predicted molar refractivity (Wildman–Crippen MR) is 128 cm³/mol. The van der Waals surface area contributed by atoms with E-state index >= 15 is 0 Å². The molecule has 0 radical (unpaired) electrons. The van der Waals surface area contributed by atoms with Gasteiger partial charge in [0, 0.05) is 24.4 Å². The Morgan fingerprint density at radius 2 is 2.03 bits per heavy atom. The lowest BCUT2D eigenvalue weighted by molar-refractivity contribution is 0.0532. The minimum Gasteiger partial charge on any atom is -0.487 e. The molecule has 1 saturated heterocycles. The van der Waals surface area contributed by atoms with Crippen molar-refractivity contribution in [1.82, 2.24) is 30.2 Å². The summed E-state index contributed by atoms with van der Waals surface area (Å²) in [6, 6.07) is 7.60. The van der Waals surface area contributed by atoms with Gasteiger partial charge in [-0.25, -0.2) is 19.4 Å². The van der Waals surface area contributed by atoms with Crippen molar-refractivity contribution in [2.75, 3.05) is 24.6 Å². The maximum Gasteiger partial charge on any atom is 0.350 e. The normalized spacial score (nSPS) is 14.3. The van der Waals surface area contributed by atoms with Crippen molar-refractivity contribution in [2.45, 2.75) is 32.3 Å². The number of nitrogens with zero attached hydrogens (tertiary/aromatic N) is 7. The molecule has 10 nitrogen and oxygen atoms in total. The van der Waals surface area contributed by atoms with Gasteiger partial charge in [-0.05, 0) is 54.5 Å². The average Bonchev–Trinajstić information content (AvgIpc) is 3.65. The number of benzene rings is 1. The summed E-state index contributed by atoms with van der Waals surface area (Å²) < 4.78 is 12.6. The Morgan fingerprint density at radius 3 is 2.76 bits per heavy atom. The molecule has 0 atom stereocenters. The monoisotopic (exact) mass is 497 g/mol. The van der Waals surface area contributed by atoms with Crippen molar-refractivity contribution in [3.8, 4) is 11.4 Å². The highest BCUT2D eigenvalue weighted by Crippen LogP contribution is 2.34. The second-order valence-corrected chi connectivity index (χ2v) is 9.60. The van der Waals surface area contributed by atoms with Crippen LogP contribution >= 0.6 is 22.7 Å². The number of thiazole rings is 2. The first-order chi connectivity index (χ1) is 16.7. The van der Waals surface area contributed by atoms with E-state index in [1.54, 1.807) is 35.5 Å². The van der Waals surface area contributed by atoms with Crippen LogP contribution in [0.1, 0.15) is 46.1 Å². The molecule has 0 N–H and O–H groups in total. The molecular formula is C22H23N7O3S2. The highest BCUT2D eigenvalue weighted by Gasteiger charge is 2.25. The van der Waals surface area contributed by atoms with E-state index in [9.17, 15) is 4.79 Å². The van der Waals surface area contributed by atoms with Crippen molar-refractivity contribution in [2.24, 2.45) is 0 Å². The molecule has 1 aliphatic heterocycles. The van der Waals surface area contributed by atoms with Gasteiger partial charge in [0.1, 0.15) is 23.6 Å². The van der Waals surface area contributed by atoms with Crippen LogP contribution in [0.15, 0.2) is 42.2 Å². The number of ether oxygens (including phenoxy) is 2. The molecule has 0 bridgehead atoms. The minimum absolute atomic E-state index is 0.304. The zero-order chi connectivity index (χ0) is 23.3. The van der Waals surface area contributed by atoms with E-state index in [1.165, 1.54) is 11.3 Å². The molecule has 4 heterocycles. The standard InChI is InChI=1S/C22H23N7O3S2/c1-2-31-21(30)19-11-23-22(34-19)28-9-7-15(8-10-28)20-25-16(13-33-20)12-32-18-5-3-17(4-6-18)29-14-24-26-27-29/h3-6,11,13-15H,2,7-10,12H2,1H3. The summed E-state index contributed by atoms with van der Waals surface area (Å²) >= 11 is 3.09. The molecule has 5 rings (SSSR count). The van der Waals surface area contributed by atoms with E-state index in [0.29, 0.717) is 24.0 Å². The Bertz CT molecular complexity index is 1220. The Morgan fingerprint density at radius 1 is 1.21 bits per heavy atom. The van der Waals surface area contributed by atoms with Crippen molar-refractivity contribution in [3.05, 3.63) is 57.7 Å². The molecule has 1 fully saturated rings. The zero-order valence-electron chi connectivity index (χ0n) is 18.5. The fraction of sp³-hybridized carbons (Fsp3) is 0.364. The van der Waals surface area contributed by atoms with Crippen molar-refractivity contribution in [3.63, 3.8) is 0 Å². The molecule has 4 aromatic rings. The number of aromatic nitrogens is 6. The van der Waals surface area contributed by atoms with Crippen molar-refractivity contribution in [1.29, 1.82) is 0 Å². The average molecular weight is 498 g/mol. The fourth-order valence-electron chi connectivity index (χ4n) is 3.73. The summed E-state index contributed by atoms with van der Waals surface area (Å²) in [4.78, 5) is 23.9. The largest absolute Gasteiger partial charge is 0.487 e. The number of hydrogen-bond donors (Lipinski definition) is 0. The number of hydrogen-bond acceptors (Lipinski definition) is 11.